The van der Waals surface area contributed by atoms with Crippen LogP contribution in [0.4, 0.5) is 5.69 Å². The van der Waals surface area contributed by atoms with E-state index >= 15 is 0 Å². The second-order valence-corrected chi connectivity index (χ2v) is 5.49. The monoisotopic (exact) mass is 308 g/mol. The number of anilines is 1. The zero-order chi connectivity index (χ0) is 15.5. The molecule has 22 heavy (non-hydrogen) atoms. The minimum absolute atomic E-state index is 0.230. The van der Waals surface area contributed by atoms with Gasteiger partial charge in [-0.25, -0.2) is 9.78 Å². The molecule has 2 aliphatic heterocycles. The predicted molar refractivity (Wildman–Crippen MR) is 78.4 cm³/mol. The SMILES string of the molecule is COC(=O)c1ccc(N2CC(OC)C2)c(OCC2COC2)n1. The van der Waals surface area contributed by atoms with Crippen molar-refractivity contribution in [2.45, 2.75) is 6.10 Å². The normalized spacial score (nSPS) is 18.5. The van der Waals surface area contributed by atoms with Crippen LogP contribution in [0.2, 0.25) is 0 Å². The van der Waals surface area contributed by atoms with Crippen LogP contribution in [0.3, 0.4) is 0 Å². The fourth-order valence-corrected chi connectivity index (χ4v) is 2.36. The zero-order valence-corrected chi connectivity index (χ0v) is 12.8. The molecule has 0 spiro atoms. The summed E-state index contributed by atoms with van der Waals surface area (Å²) in [6.45, 7) is 3.53. The van der Waals surface area contributed by atoms with Crippen LogP contribution in [0, 0.1) is 5.92 Å². The minimum Gasteiger partial charge on any atom is -0.476 e. The lowest BCUT2D eigenvalue weighted by molar-refractivity contribution is -0.0514. The van der Waals surface area contributed by atoms with Gasteiger partial charge in [0.1, 0.15) is 5.69 Å². The highest BCUT2D eigenvalue weighted by Crippen LogP contribution is 2.31. The molecular formula is C15H20N2O5. The molecule has 1 aromatic heterocycles. The van der Waals surface area contributed by atoms with E-state index in [2.05, 4.69) is 9.88 Å². The van der Waals surface area contributed by atoms with E-state index in [0.29, 0.717) is 31.6 Å². The molecule has 0 amide bonds. The second-order valence-electron chi connectivity index (χ2n) is 5.49. The summed E-state index contributed by atoms with van der Waals surface area (Å²) in [7, 11) is 3.04. The van der Waals surface area contributed by atoms with E-state index in [-0.39, 0.29) is 11.8 Å². The molecule has 3 rings (SSSR count). The van der Waals surface area contributed by atoms with Gasteiger partial charge in [-0.2, -0.15) is 0 Å². The van der Waals surface area contributed by atoms with Crippen molar-refractivity contribution in [2.24, 2.45) is 5.92 Å². The maximum absolute atomic E-state index is 11.6. The average molecular weight is 308 g/mol. The van der Waals surface area contributed by atoms with E-state index in [4.69, 9.17) is 18.9 Å². The summed E-state index contributed by atoms with van der Waals surface area (Å²) in [4.78, 5) is 18.1. The quantitative estimate of drug-likeness (QED) is 0.717. The smallest absolute Gasteiger partial charge is 0.356 e. The van der Waals surface area contributed by atoms with Crippen LogP contribution in [-0.2, 0) is 14.2 Å². The third-order valence-electron chi connectivity index (χ3n) is 3.92. The lowest BCUT2D eigenvalue weighted by Crippen LogP contribution is -2.52. The summed E-state index contributed by atoms with van der Waals surface area (Å²) < 4.78 is 21.0. The van der Waals surface area contributed by atoms with Crippen molar-refractivity contribution in [1.82, 2.24) is 4.98 Å². The Morgan fingerprint density at radius 3 is 2.73 bits per heavy atom. The number of hydrogen-bond donors (Lipinski definition) is 0. The third kappa shape index (κ3) is 3.00. The lowest BCUT2D eigenvalue weighted by atomic mass is 10.1. The third-order valence-corrected chi connectivity index (χ3v) is 3.92. The van der Waals surface area contributed by atoms with Crippen LogP contribution >= 0.6 is 0 Å². The fraction of sp³-hybridized carbons (Fsp3) is 0.600. The van der Waals surface area contributed by atoms with E-state index in [9.17, 15) is 4.79 Å². The molecule has 120 valence electrons. The summed E-state index contributed by atoms with van der Waals surface area (Å²) >= 11 is 0. The maximum atomic E-state index is 11.6. The molecule has 2 fully saturated rings. The highest BCUT2D eigenvalue weighted by atomic mass is 16.5. The number of esters is 1. The molecule has 0 bridgehead atoms. The van der Waals surface area contributed by atoms with Crippen molar-refractivity contribution in [1.29, 1.82) is 0 Å². The number of nitrogens with zero attached hydrogens (tertiary/aromatic N) is 2. The van der Waals surface area contributed by atoms with E-state index < -0.39 is 5.97 Å². The Morgan fingerprint density at radius 2 is 2.14 bits per heavy atom. The first-order valence-corrected chi connectivity index (χ1v) is 7.29. The Labute approximate surface area is 129 Å². The Bertz CT molecular complexity index is 541. The van der Waals surface area contributed by atoms with E-state index in [1.54, 1.807) is 13.2 Å². The first-order valence-electron chi connectivity index (χ1n) is 7.29. The summed E-state index contributed by atoms with van der Waals surface area (Å²) in [6.07, 6.45) is 0.230. The summed E-state index contributed by atoms with van der Waals surface area (Å²) in [5.41, 5.74) is 1.12. The lowest BCUT2D eigenvalue weighted by Gasteiger charge is -2.40. The molecular weight excluding hydrogens is 288 g/mol. The van der Waals surface area contributed by atoms with E-state index in [1.165, 1.54) is 7.11 Å². The van der Waals surface area contributed by atoms with Gasteiger partial charge in [0.25, 0.3) is 0 Å². The van der Waals surface area contributed by atoms with Gasteiger partial charge < -0.3 is 23.8 Å². The van der Waals surface area contributed by atoms with Gasteiger partial charge in [0.2, 0.25) is 5.88 Å². The van der Waals surface area contributed by atoms with Gasteiger partial charge in [0.05, 0.1) is 33.0 Å². The van der Waals surface area contributed by atoms with Crippen molar-refractivity contribution in [2.75, 3.05) is 52.0 Å². The first-order chi connectivity index (χ1) is 10.7. The first kappa shape index (κ1) is 15.1. The number of aromatic nitrogens is 1. The van der Waals surface area contributed by atoms with Crippen molar-refractivity contribution in [3.8, 4) is 5.88 Å². The Morgan fingerprint density at radius 1 is 1.36 bits per heavy atom. The van der Waals surface area contributed by atoms with E-state index in [1.807, 2.05) is 6.07 Å². The molecule has 0 radical (unpaired) electrons. The van der Waals surface area contributed by atoms with Crippen LogP contribution < -0.4 is 9.64 Å². The number of pyridine rings is 1. The van der Waals surface area contributed by atoms with Crippen molar-refractivity contribution < 1.29 is 23.7 Å². The van der Waals surface area contributed by atoms with Crippen molar-refractivity contribution in [3.05, 3.63) is 17.8 Å². The maximum Gasteiger partial charge on any atom is 0.356 e. The van der Waals surface area contributed by atoms with Gasteiger partial charge in [-0.15, -0.1) is 0 Å². The molecule has 2 aliphatic rings. The number of methoxy groups -OCH3 is 2. The highest BCUT2D eigenvalue weighted by Gasteiger charge is 2.30. The number of carbonyl (C=O) groups excluding carboxylic acids is 1. The standard InChI is InChI=1S/C15H20N2O5/c1-19-11-5-17(6-11)13-4-3-12(15(18)20-2)16-14(13)22-9-10-7-21-8-10/h3-4,10-11H,5-9H2,1-2H3. The second kappa shape index (κ2) is 6.50. The molecule has 0 aromatic carbocycles. The van der Waals surface area contributed by atoms with Crippen LogP contribution in [0.25, 0.3) is 0 Å². The van der Waals surface area contributed by atoms with Gasteiger partial charge in [-0.1, -0.05) is 0 Å². The van der Waals surface area contributed by atoms with Gasteiger partial charge in [-0.05, 0) is 12.1 Å². The molecule has 3 heterocycles. The van der Waals surface area contributed by atoms with Gasteiger partial charge >= 0.3 is 5.97 Å². The number of rotatable bonds is 6. The summed E-state index contributed by atoms with van der Waals surface area (Å²) in [6, 6.07) is 3.50. The van der Waals surface area contributed by atoms with Gasteiger partial charge in [0, 0.05) is 26.1 Å². The van der Waals surface area contributed by atoms with Crippen molar-refractivity contribution >= 4 is 11.7 Å². The highest BCUT2D eigenvalue weighted by molar-refractivity contribution is 5.88. The molecule has 1 aromatic rings. The topological polar surface area (TPSA) is 70.1 Å². The van der Waals surface area contributed by atoms with Crippen LogP contribution in [-0.4, -0.2) is 64.2 Å². The average Bonchev–Trinajstić information content (AvgIpc) is 2.44. The largest absolute Gasteiger partial charge is 0.476 e. The number of hydrogen-bond acceptors (Lipinski definition) is 7. The molecule has 2 saturated heterocycles. The van der Waals surface area contributed by atoms with Crippen LogP contribution in [0.1, 0.15) is 10.5 Å². The summed E-state index contributed by atoms with van der Waals surface area (Å²) in [5, 5.41) is 0. The molecule has 0 N–H and O–H groups in total. The molecule has 0 aliphatic carbocycles. The minimum atomic E-state index is -0.471. The number of ether oxygens (including phenoxy) is 4. The molecule has 0 atom stereocenters. The van der Waals surface area contributed by atoms with Gasteiger partial charge in [0.15, 0.2) is 5.69 Å². The van der Waals surface area contributed by atoms with Crippen molar-refractivity contribution in [3.63, 3.8) is 0 Å². The predicted octanol–water partition coefficient (Wildman–Crippen LogP) is 0.728. The Hall–Kier alpha value is -1.86. The summed E-state index contributed by atoms with van der Waals surface area (Å²) in [5.74, 6) is 0.380. The van der Waals surface area contributed by atoms with Crippen LogP contribution in [0.5, 0.6) is 5.88 Å². The van der Waals surface area contributed by atoms with Crippen LogP contribution in [0.15, 0.2) is 12.1 Å². The zero-order valence-electron chi connectivity index (χ0n) is 12.8. The molecule has 0 saturated carbocycles. The fourth-order valence-electron chi connectivity index (χ4n) is 2.36. The Balaban J connectivity index is 1.75. The molecule has 7 nitrogen and oxygen atoms in total. The number of carbonyl (C=O) groups is 1. The van der Waals surface area contributed by atoms with E-state index in [0.717, 1.165) is 18.8 Å². The Kier molecular flexibility index (Phi) is 4.44. The van der Waals surface area contributed by atoms with Gasteiger partial charge in [-0.3, -0.25) is 0 Å². The molecule has 7 heteroatoms. The molecule has 0 unspecified atom stereocenters.